The molecular weight excluding hydrogens is 358 g/mol. The van der Waals surface area contributed by atoms with Crippen LogP contribution in [0.3, 0.4) is 0 Å². The predicted octanol–water partition coefficient (Wildman–Crippen LogP) is 2.44. The smallest absolute Gasteiger partial charge is 0.333 e. The Balaban J connectivity index is 2.02. The van der Waals surface area contributed by atoms with Crippen LogP contribution in [-0.4, -0.2) is 22.6 Å². The quantitative estimate of drug-likeness (QED) is 0.736. The number of aromatic amines is 1. The molecule has 0 atom stereocenters. The van der Waals surface area contributed by atoms with Crippen LogP contribution in [-0.2, 0) is 0 Å². The summed E-state index contributed by atoms with van der Waals surface area (Å²) in [4.78, 5) is 39.7. The van der Waals surface area contributed by atoms with Crippen molar-refractivity contribution in [1.29, 1.82) is 0 Å². The number of H-pyrrole nitrogens is 1. The van der Waals surface area contributed by atoms with Gasteiger partial charge in [-0.25, -0.2) is 9.36 Å². The maximum Gasteiger partial charge on any atom is 0.333 e. The van der Waals surface area contributed by atoms with Crippen LogP contribution in [0.5, 0.6) is 5.75 Å². The van der Waals surface area contributed by atoms with E-state index in [0.717, 1.165) is 10.8 Å². The highest BCUT2D eigenvalue weighted by molar-refractivity contribution is 6.30. The second-order valence-corrected chi connectivity index (χ2v) is 5.72. The summed E-state index contributed by atoms with van der Waals surface area (Å²) in [6.07, 6.45) is 1.09. The summed E-state index contributed by atoms with van der Waals surface area (Å²) in [6, 6.07) is 12.9. The monoisotopic (exact) mass is 371 g/mol. The number of ether oxygens (including phenoxy) is 1. The first-order chi connectivity index (χ1) is 12.5. The molecule has 7 nitrogen and oxygen atoms in total. The second kappa shape index (κ2) is 7.28. The molecule has 2 N–H and O–H groups in total. The van der Waals surface area contributed by atoms with Crippen molar-refractivity contribution < 1.29 is 9.53 Å². The molecule has 0 saturated heterocycles. The molecule has 8 heteroatoms. The van der Waals surface area contributed by atoms with Gasteiger partial charge in [0, 0.05) is 11.2 Å². The van der Waals surface area contributed by atoms with Crippen LogP contribution in [0.25, 0.3) is 5.69 Å². The number of nitrogens with zero attached hydrogens (tertiary/aromatic N) is 1. The summed E-state index contributed by atoms with van der Waals surface area (Å²) in [5.41, 5.74) is -0.920. The first-order valence-corrected chi connectivity index (χ1v) is 7.94. The number of amides is 1. The summed E-state index contributed by atoms with van der Waals surface area (Å²) in [5.74, 6) is -0.221. The van der Waals surface area contributed by atoms with Gasteiger partial charge in [-0.2, -0.15) is 0 Å². The third-order valence-electron chi connectivity index (χ3n) is 3.66. The molecule has 1 amide bonds. The first-order valence-electron chi connectivity index (χ1n) is 7.56. The van der Waals surface area contributed by atoms with E-state index in [2.05, 4.69) is 10.3 Å². The number of nitrogens with one attached hydrogen (secondary N) is 2. The lowest BCUT2D eigenvalue weighted by Gasteiger charge is -2.10. The van der Waals surface area contributed by atoms with Gasteiger partial charge in [-0.15, -0.1) is 0 Å². The zero-order valence-electron chi connectivity index (χ0n) is 13.7. The van der Waals surface area contributed by atoms with Crippen molar-refractivity contribution in [3.63, 3.8) is 0 Å². The third kappa shape index (κ3) is 3.38. The molecule has 0 radical (unpaired) electrons. The van der Waals surface area contributed by atoms with Crippen LogP contribution in [0.4, 0.5) is 5.69 Å². The number of carbonyl (C=O) groups excluding carboxylic acids is 1. The minimum absolute atomic E-state index is 0.217. The zero-order chi connectivity index (χ0) is 18.7. The van der Waals surface area contributed by atoms with Gasteiger partial charge in [0.05, 0.1) is 18.5 Å². The molecule has 0 aliphatic carbocycles. The van der Waals surface area contributed by atoms with Gasteiger partial charge in [0.15, 0.2) is 0 Å². The molecule has 3 rings (SSSR count). The van der Waals surface area contributed by atoms with Crippen molar-refractivity contribution in [3.05, 3.63) is 86.2 Å². The van der Waals surface area contributed by atoms with Crippen LogP contribution in [0.1, 0.15) is 10.4 Å². The van der Waals surface area contributed by atoms with Gasteiger partial charge in [0.1, 0.15) is 11.3 Å². The minimum Gasteiger partial charge on any atom is -0.495 e. The van der Waals surface area contributed by atoms with Crippen molar-refractivity contribution in [1.82, 2.24) is 9.55 Å². The highest BCUT2D eigenvalue weighted by Crippen LogP contribution is 2.23. The lowest BCUT2D eigenvalue weighted by atomic mass is 10.2. The average Bonchev–Trinajstić information content (AvgIpc) is 2.63. The topological polar surface area (TPSA) is 93.2 Å². The second-order valence-electron chi connectivity index (χ2n) is 5.28. The molecular formula is C18H14ClN3O4. The third-order valence-corrected chi connectivity index (χ3v) is 3.91. The Hall–Kier alpha value is -3.32. The van der Waals surface area contributed by atoms with E-state index in [4.69, 9.17) is 16.3 Å². The molecule has 0 unspecified atom stereocenters. The number of para-hydroxylation sites is 2. The van der Waals surface area contributed by atoms with Crippen LogP contribution < -0.4 is 21.3 Å². The van der Waals surface area contributed by atoms with E-state index in [9.17, 15) is 14.4 Å². The van der Waals surface area contributed by atoms with Gasteiger partial charge in [-0.3, -0.25) is 9.59 Å². The highest BCUT2D eigenvalue weighted by Gasteiger charge is 2.17. The molecule has 0 bridgehead atoms. The van der Waals surface area contributed by atoms with E-state index in [-0.39, 0.29) is 5.56 Å². The number of anilines is 1. The molecule has 1 heterocycles. The van der Waals surface area contributed by atoms with E-state index in [0.29, 0.717) is 22.1 Å². The van der Waals surface area contributed by atoms with Gasteiger partial charge >= 0.3 is 5.69 Å². The number of carbonyl (C=O) groups is 1. The predicted molar refractivity (Wildman–Crippen MR) is 98.6 cm³/mol. The van der Waals surface area contributed by atoms with Crippen LogP contribution in [0, 0.1) is 0 Å². The zero-order valence-corrected chi connectivity index (χ0v) is 14.4. The summed E-state index contributed by atoms with van der Waals surface area (Å²) >= 11 is 5.83. The molecule has 132 valence electrons. The lowest BCUT2D eigenvalue weighted by molar-refractivity contribution is 0.102. The molecule has 0 saturated carbocycles. The van der Waals surface area contributed by atoms with Crippen molar-refractivity contribution in [3.8, 4) is 11.4 Å². The van der Waals surface area contributed by atoms with E-state index in [1.54, 1.807) is 36.4 Å². The minimum atomic E-state index is -0.747. The number of hydrogen-bond donors (Lipinski definition) is 2. The van der Waals surface area contributed by atoms with Gasteiger partial charge < -0.3 is 15.0 Å². The first kappa shape index (κ1) is 17.5. The maximum atomic E-state index is 12.7. The Labute approximate surface area is 152 Å². The fourth-order valence-corrected chi connectivity index (χ4v) is 2.52. The molecule has 0 spiro atoms. The number of halogens is 1. The van der Waals surface area contributed by atoms with Gasteiger partial charge in [0.25, 0.3) is 11.5 Å². The molecule has 0 aliphatic rings. The number of hydrogen-bond acceptors (Lipinski definition) is 4. The Morgan fingerprint density at radius 1 is 1.12 bits per heavy atom. The van der Waals surface area contributed by atoms with Crippen LogP contribution in [0.2, 0.25) is 5.02 Å². The van der Waals surface area contributed by atoms with Gasteiger partial charge in [-0.05, 0) is 36.4 Å². The standard InChI is InChI=1S/C18H14ClN3O4/c1-26-15-5-3-2-4-14(15)21-16(23)13-10-20-18(25)22(17(13)24)12-8-6-11(19)7-9-12/h2-10H,1H3,(H,20,25)(H,21,23). The SMILES string of the molecule is COc1ccccc1NC(=O)c1c[nH]c(=O)n(-c2ccc(Cl)cc2)c1=O. The summed E-state index contributed by atoms with van der Waals surface area (Å²) in [5, 5.41) is 3.07. The normalized spacial score (nSPS) is 10.4. The molecule has 3 aromatic rings. The highest BCUT2D eigenvalue weighted by atomic mass is 35.5. The molecule has 0 fully saturated rings. The van der Waals surface area contributed by atoms with Crippen molar-refractivity contribution in [2.45, 2.75) is 0 Å². The Bertz CT molecular complexity index is 1070. The Morgan fingerprint density at radius 3 is 2.50 bits per heavy atom. The summed E-state index contributed by atoms with van der Waals surface area (Å²) < 4.78 is 6.04. The number of methoxy groups -OCH3 is 1. The largest absolute Gasteiger partial charge is 0.495 e. The Kier molecular flexibility index (Phi) is 4.90. The fourth-order valence-electron chi connectivity index (χ4n) is 2.40. The maximum absolute atomic E-state index is 12.7. The number of benzene rings is 2. The Morgan fingerprint density at radius 2 is 1.81 bits per heavy atom. The fraction of sp³-hybridized carbons (Fsp3) is 0.0556. The van der Waals surface area contributed by atoms with Crippen LogP contribution in [0.15, 0.2) is 64.3 Å². The summed E-state index contributed by atoms with van der Waals surface area (Å²) in [7, 11) is 1.47. The molecule has 1 aromatic heterocycles. The van der Waals surface area contributed by atoms with Crippen molar-refractivity contribution >= 4 is 23.2 Å². The van der Waals surface area contributed by atoms with Gasteiger partial charge in [0.2, 0.25) is 0 Å². The van der Waals surface area contributed by atoms with E-state index in [1.807, 2.05) is 0 Å². The van der Waals surface area contributed by atoms with Crippen molar-refractivity contribution in [2.75, 3.05) is 12.4 Å². The lowest BCUT2D eigenvalue weighted by Crippen LogP contribution is -2.38. The van der Waals surface area contributed by atoms with Gasteiger partial charge in [-0.1, -0.05) is 23.7 Å². The van der Waals surface area contributed by atoms with E-state index in [1.165, 1.54) is 19.2 Å². The van der Waals surface area contributed by atoms with E-state index >= 15 is 0 Å². The molecule has 0 aliphatic heterocycles. The van der Waals surface area contributed by atoms with Crippen LogP contribution >= 0.6 is 11.6 Å². The summed E-state index contributed by atoms with van der Waals surface area (Å²) in [6.45, 7) is 0. The number of aromatic nitrogens is 2. The van der Waals surface area contributed by atoms with Crippen molar-refractivity contribution in [2.24, 2.45) is 0 Å². The average molecular weight is 372 g/mol. The van der Waals surface area contributed by atoms with E-state index < -0.39 is 17.2 Å². The molecule has 2 aromatic carbocycles. The number of rotatable bonds is 4. The molecule has 26 heavy (non-hydrogen) atoms.